The number of hydrogen-bond donors (Lipinski definition) is 1. The van der Waals surface area contributed by atoms with Crippen LogP contribution in [-0.2, 0) is 4.79 Å². The van der Waals surface area contributed by atoms with Gasteiger partial charge in [0, 0.05) is 12.1 Å². The highest BCUT2D eigenvalue weighted by Gasteiger charge is 2.40. The number of nitrogens with zero attached hydrogens (tertiary/aromatic N) is 1. The van der Waals surface area contributed by atoms with Crippen LogP contribution in [0.1, 0.15) is 54.5 Å². The standard InChI is InChI=1S/C25H25F2NO2/c1-17-2-4-18(5-3-17)22-16-24(30)28(22)21-10-13-25(27,14-11-21)15-12-23(29)19-6-8-20(26)9-7-19/h2-11,13,22-23,29H,12,14-16H2,1H3/t22-,23-,25?/m0/s1. The van der Waals surface area contributed by atoms with Gasteiger partial charge in [-0.2, -0.15) is 0 Å². The molecule has 5 heteroatoms. The van der Waals surface area contributed by atoms with Crippen molar-refractivity contribution in [1.82, 2.24) is 4.90 Å². The molecular weight excluding hydrogens is 384 g/mol. The van der Waals surface area contributed by atoms with Crippen LogP contribution in [0.2, 0.25) is 0 Å². The molecule has 1 unspecified atom stereocenters. The van der Waals surface area contributed by atoms with Crippen molar-refractivity contribution in [2.75, 3.05) is 0 Å². The number of aryl methyl sites for hydroxylation is 1. The van der Waals surface area contributed by atoms with Gasteiger partial charge in [-0.15, -0.1) is 0 Å². The summed E-state index contributed by atoms with van der Waals surface area (Å²) in [5, 5.41) is 10.3. The summed E-state index contributed by atoms with van der Waals surface area (Å²) >= 11 is 0. The number of benzene rings is 2. The normalized spacial score (nSPS) is 24.4. The fourth-order valence-corrected chi connectivity index (χ4v) is 4.03. The molecule has 1 aliphatic carbocycles. The van der Waals surface area contributed by atoms with Gasteiger partial charge >= 0.3 is 0 Å². The maximum atomic E-state index is 15.2. The third-order valence-corrected chi connectivity index (χ3v) is 5.98. The lowest BCUT2D eigenvalue weighted by Crippen LogP contribution is -2.45. The zero-order valence-electron chi connectivity index (χ0n) is 16.9. The van der Waals surface area contributed by atoms with Gasteiger partial charge in [0.1, 0.15) is 11.5 Å². The van der Waals surface area contributed by atoms with Crippen LogP contribution < -0.4 is 0 Å². The summed E-state index contributed by atoms with van der Waals surface area (Å²) in [6.07, 6.45) is 5.07. The van der Waals surface area contributed by atoms with Crippen molar-refractivity contribution >= 4 is 5.91 Å². The van der Waals surface area contributed by atoms with Gasteiger partial charge in [-0.1, -0.05) is 48.0 Å². The number of halogens is 2. The van der Waals surface area contributed by atoms with Crippen molar-refractivity contribution in [3.8, 4) is 0 Å². The predicted molar refractivity (Wildman–Crippen MR) is 112 cm³/mol. The number of rotatable bonds is 6. The number of alkyl halides is 1. The van der Waals surface area contributed by atoms with Gasteiger partial charge in [0.25, 0.3) is 0 Å². The number of β-lactam (4-membered cyclic amide) rings is 1. The van der Waals surface area contributed by atoms with Crippen LogP contribution in [0, 0.1) is 12.7 Å². The van der Waals surface area contributed by atoms with Gasteiger partial charge in [0.15, 0.2) is 0 Å². The Morgan fingerprint density at radius 3 is 2.47 bits per heavy atom. The van der Waals surface area contributed by atoms with E-state index in [0.29, 0.717) is 12.0 Å². The fraction of sp³-hybridized carbons (Fsp3) is 0.320. The Bertz CT molecular complexity index is 981. The minimum atomic E-state index is -1.57. The van der Waals surface area contributed by atoms with Crippen LogP contribution >= 0.6 is 0 Å². The van der Waals surface area contributed by atoms with E-state index in [-0.39, 0.29) is 37.0 Å². The molecule has 4 rings (SSSR count). The van der Waals surface area contributed by atoms with Crippen molar-refractivity contribution < 1.29 is 18.7 Å². The topological polar surface area (TPSA) is 40.5 Å². The highest BCUT2D eigenvalue weighted by Crippen LogP contribution is 2.41. The van der Waals surface area contributed by atoms with Crippen LogP contribution in [0.15, 0.2) is 72.5 Å². The van der Waals surface area contributed by atoms with E-state index in [0.717, 1.165) is 16.8 Å². The summed E-state index contributed by atoms with van der Waals surface area (Å²) in [5.74, 6) is -0.333. The first-order valence-electron chi connectivity index (χ1n) is 10.3. The third kappa shape index (κ3) is 4.21. The van der Waals surface area contributed by atoms with Gasteiger partial charge in [-0.3, -0.25) is 4.79 Å². The smallest absolute Gasteiger partial charge is 0.230 e. The summed E-state index contributed by atoms with van der Waals surface area (Å²) in [7, 11) is 0. The molecule has 0 saturated carbocycles. The molecular formula is C25H25F2NO2. The molecule has 0 bridgehead atoms. The Balaban J connectivity index is 1.38. The Morgan fingerprint density at radius 1 is 1.17 bits per heavy atom. The minimum Gasteiger partial charge on any atom is -0.388 e. The van der Waals surface area contributed by atoms with Gasteiger partial charge in [-0.25, -0.2) is 8.78 Å². The highest BCUT2D eigenvalue weighted by atomic mass is 19.1. The maximum Gasteiger partial charge on any atom is 0.230 e. The number of aliphatic hydroxyl groups is 1. The van der Waals surface area contributed by atoms with E-state index in [4.69, 9.17) is 0 Å². The molecule has 156 valence electrons. The number of likely N-dealkylation sites (tertiary alicyclic amines) is 1. The monoisotopic (exact) mass is 409 g/mol. The summed E-state index contributed by atoms with van der Waals surface area (Å²) in [4.78, 5) is 14.0. The van der Waals surface area contributed by atoms with Gasteiger partial charge in [0.2, 0.25) is 5.91 Å². The van der Waals surface area contributed by atoms with Crippen molar-refractivity contribution in [3.05, 3.63) is 95.0 Å². The zero-order chi connectivity index (χ0) is 21.3. The molecule has 2 aromatic carbocycles. The molecule has 30 heavy (non-hydrogen) atoms. The molecule has 2 aromatic rings. The first kappa shape index (κ1) is 20.5. The lowest BCUT2D eigenvalue weighted by molar-refractivity contribution is -0.142. The average Bonchev–Trinajstić information content (AvgIpc) is 2.73. The molecule has 0 spiro atoms. The van der Waals surface area contributed by atoms with Crippen LogP contribution in [0.5, 0.6) is 0 Å². The number of allylic oxidation sites excluding steroid dienone is 3. The highest BCUT2D eigenvalue weighted by molar-refractivity contribution is 5.86. The largest absolute Gasteiger partial charge is 0.388 e. The summed E-state index contributed by atoms with van der Waals surface area (Å²) < 4.78 is 28.2. The SMILES string of the molecule is Cc1ccc([C@@H]2CC(=O)N2C2=CCC(F)(CC[C@H](O)c3ccc(F)cc3)C=C2)cc1. The summed E-state index contributed by atoms with van der Waals surface area (Å²) in [6.45, 7) is 2.02. The summed E-state index contributed by atoms with van der Waals surface area (Å²) in [6, 6.07) is 13.7. The molecule has 3 atom stereocenters. The van der Waals surface area contributed by atoms with Gasteiger partial charge in [-0.05, 0) is 55.2 Å². The first-order valence-corrected chi connectivity index (χ1v) is 10.3. The average molecular weight is 409 g/mol. The molecule has 1 saturated heterocycles. The molecule has 1 aliphatic heterocycles. The predicted octanol–water partition coefficient (Wildman–Crippen LogP) is 5.47. The van der Waals surface area contributed by atoms with E-state index in [9.17, 15) is 14.3 Å². The van der Waals surface area contributed by atoms with E-state index >= 15 is 4.39 Å². The van der Waals surface area contributed by atoms with E-state index in [1.165, 1.54) is 30.3 Å². The molecule has 1 heterocycles. The van der Waals surface area contributed by atoms with Crippen molar-refractivity contribution in [2.24, 2.45) is 0 Å². The Hall–Kier alpha value is -2.79. The zero-order valence-corrected chi connectivity index (χ0v) is 16.9. The summed E-state index contributed by atoms with van der Waals surface area (Å²) in [5.41, 5.74) is 1.97. The van der Waals surface area contributed by atoms with E-state index < -0.39 is 11.8 Å². The Morgan fingerprint density at radius 2 is 1.87 bits per heavy atom. The van der Waals surface area contributed by atoms with Gasteiger partial charge in [0.05, 0.1) is 18.6 Å². The van der Waals surface area contributed by atoms with Crippen LogP contribution in [0.4, 0.5) is 8.78 Å². The minimum absolute atomic E-state index is 0.0126. The molecule has 2 aliphatic rings. The second-order valence-corrected chi connectivity index (χ2v) is 8.20. The second-order valence-electron chi connectivity index (χ2n) is 8.20. The van der Waals surface area contributed by atoms with Crippen molar-refractivity contribution in [2.45, 2.75) is 50.4 Å². The third-order valence-electron chi connectivity index (χ3n) is 5.98. The number of carbonyl (C=O) groups is 1. The van der Waals surface area contributed by atoms with Crippen molar-refractivity contribution in [1.29, 1.82) is 0 Å². The van der Waals surface area contributed by atoms with Gasteiger partial charge < -0.3 is 10.0 Å². The molecule has 1 fully saturated rings. The molecule has 1 N–H and O–H groups in total. The molecule has 3 nitrogen and oxygen atoms in total. The van der Waals surface area contributed by atoms with E-state index in [1.54, 1.807) is 17.1 Å². The first-order chi connectivity index (χ1) is 14.3. The van der Waals surface area contributed by atoms with Crippen LogP contribution in [0.3, 0.4) is 0 Å². The maximum absolute atomic E-state index is 15.2. The molecule has 1 amide bonds. The Labute approximate surface area is 175 Å². The van der Waals surface area contributed by atoms with E-state index in [2.05, 4.69) is 0 Å². The molecule has 0 aromatic heterocycles. The number of hydrogen-bond acceptors (Lipinski definition) is 2. The Kier molecular flexibility index (Phi) is 5.56. The van der Waals surface area contributed by atoms with Crippen LogP contribution in [-0.4, -0.2) is 21.6 Å². The number of aliphatic hydroxyl groups excluding tert-OH is 1. The lowest BCUT2D eigenvalue weighted by atomic mass is 9.86. The number of amides is 1. The quantitative estimate of drug-likeness (QED) is 0.643. The van der Waals surface area contributed by atoms with E-state index in [1.807, 2.05) is 31.2 Å². The fourth-order valence-electron chi connectivity index (χ4n) is 4.03. The molecule has 0 radical (unpaired) electrons. The number of carbonyl (C=O) groups excluding carboxylic acids is 1. The van der Waals surface area contributed by atoms with Crippen LogP contribution in [0.25, 0.3) is 0 Å². The second kappa shape index (κ2) is 8.15. The lowest BCUT2D eigenvalue weighted by Gasteiger charge is -2.42. The van der Waals surface area contributed by atoms with Crippen molar-refractivity contribution in [3.63, 3.8) is 0 Å².